The Labute approximate surface area is 163 Å². The van der Waals surface area contributed by atoms with Crippen molar-refractivity contribution in [2.75, 3.05) is 0 Å². The van der Waals surface area contributed by atoms with Gasteiger partial charge in [0.25, 0.3) is 5.91 Å². The van der Waals surface area contributed by atoms with Crippen LogP contribution in [0.2, 0.25) is 5.02 Å². The fourth-order valence-corrected chi connectivity index (χ4v) is 5.07. The van der Waals surface area contributed by atoms with Crippen molar-refractivity contribution in [3.05, 3.63) is 64.4 Å². The number of carbonyl (C=O) groups is 1. The van der Waals surface area contributed by atoms with E-state index in [0.29, 0.717) is 6.07 Å². The standard InChI is InChI=1S/C18H14ClF4NO3S/c19-12-4-10(5-13(20)7-12)17(25)24-14-8-16(9-14)28(26,27)15-3-1-2-11(6-15)18(21,22)23/h1-7,14,16H,8-9H2,(H,24,25)/t14-,16-. The highest BCUT2D eigenvalue weighted by Crippen LogP contribution is 2.35. The summed E-state index contributed by atoms with van der Waals surface area (Å²) in [6.07, 6.45) is -4.55. The molecular formula is C18H14ClF4NO3S. The lowest BCUT2D eigenvalue weighted by Crippen LogP contribution is -2.49. The molecule has 0 atom stereocenters. The van der Waals surface area contributed by atoms with Crippen LogP contribution in [0.25, 0.3) is 0 Å². The highest BCUT2D eigenvalue weighted by Gasteiger charge is 2.41. The summed E-state index contributed by atoms with van der Waals surface area (Å²) in [5, 5.41) is 1.71. The van der Waals surface area contributed by atoms with Gasteiger partial charge in [0.15, 0.2) is 9.84 Å². The fourth-order valence-electron chi connectivity index (χ4n) is 2.93. The van der Waals surface area contributed by atoms with Gasteiger partial charge in [-0.05, 0) is 49.2 Å². The number of carbonyl (C=O) groups excluding carboxylic acids is 1. The first-order chi connectivity index (χ1) is 13.0. The molecule has 2 aromatic rings. The van der Waals surface area contributed by atoms with Crippen molar-refractivity contribution in [2.24, 2.45) is 0 Å². The Morgan fingerprint density at radius 1 is 1.11 bits per heavy atom. The molecule has 0 bridgehead atoms. The first-order valence-corrected chi connectivity index (χ1v) is 10.1. The molecule has 1 saturated carbocycles. The first kappa shape index (κ1) is 20.6. The Bertz CT molecular complexity index is 997. The summed E-state index contributed by atoms with van der Waals surface area (Å²) in [4.78, 5) is 11.7. The Hall–Kier alpha value is -2.13. The molecule has 1 aliphatic carbocycles. The second-order valence-corrected chi connectivity index (χ2v) is 9.16. The summed E-state index contributed by atoms with van der Waals surface area (Å²) in [7, 11) is -3.96. The van der Waals surface area contributed by atoms with Crippen LogP contribution in [0.3, 0.4) is 0 Å². The molecule has 4 nitrogen and oxygen atoms in total. The molecule has 1 N–H and O–H groups in total. The van der Waals surface area contributed by atoms with Crippen LogP contribution in [-0.4, -0.2) is 25.6 Å². The van der Waals surface area contributed by atoms with E-state index in [9.17, 15) is 30.8 Å². The van der Waals surface area contributed by atoms with Crippen LogP contribution in [0.5, 0.6) is 0 Å². The molecule has 0 spiro atoms. The van der Waals surface area contributed by atoms with Crippen molar-refractivity contribution < 1.29 is 30.8 Å². The summed E-state index contributed by atoms with van der Waals surface area (Å²) in [6, 6.07) is 6.39. The number of amides is 1. The van der Waals surface area contributed by atoms with E-state index in [0.717, 1.165) is 30.3 Å². The lowest BCUT2D eigenvalue weighted by Gasteiger charge is -2.35. The number of hydrogen-bond acceptors (Lipinski definition) is 3. The highest BCUT2D eigenvalue weighted by molar-refractivity contribution is 7.92. The van der Waals surface area contributed by atoms with Gasteiger partial charge in [-0.15, -0.1) is 0 Å². The van der Waals surface area contributed by atoms with Crippen LogP contribution in [0, 0.1) is 5.82 Å². The van der Waals surface area contributed by atoms with Gasteiger partial charge in [0.1, 0.15) is 5.82 Å². The van der Waals surface area contributed by atoms with Gasteiger partial charge >= 0.3 is 6.18 Å². The van der Waals surface area contributed by atoms with Crippen molar-refractivity contribution in [3.63, 3.8) is 0 Å². The Balaban J connectivity index is 1.66. The largest absolute Gasteiger partial charge is 0.416 e. The van der Waals surface area contributed by atoms with Crippen molar-refractivity contribution in [1.82, 2.24) is 5.32 Å². The van der Waals surface area contributed by atoms with Crippen LogP contribution >= 0.6 is 11.6 Å². The Morgan fingerprint density at radius 2 is 1.79 bits per heavy atom. The summed E-state index contributed by atoms with van der Waals surface area (Å²) in [5.74, 6) is -1.29. The van der Waals surface area contributed by atoms with Crippen molar-refractivity contribution in [1.29, 1.82) is 0 Å². The molecule has 0 radical (unpaired) electrons. The third-order valence-corrected chi connectivity index (χ3v) is 6.88. The Kier molecular flexibility index (Phi) is 5.42. The van der Waals surface area contributed by atoms with E-state index >= 15 is 0 Å². The molecule has 0 unspecified atom stereocenters. The average molecular weight is 436 g/mol. The van der Waals surface area contributed by atoms with Crippen LogP contribution in [-0.2, 0) is 16.0 Å². The predicted molar refractivity (Wildman–Crippen MR) is 94.3 cm³/mol. The normalized spacial score (nSPS) is 19.8. The molecule has 3 rings (SSSR count). The van der Waals surface area contributed by atoms with Crippen LogP contribution < -0.4 is 5.32 Å². The van der Waals surface area contributed by atoms with E-state index in [1.54, 1.807) is 0 Å². The Morgan fingerprint density at radius 3 is 2.39 bits per heavy atom. The minimum absolute atomic E-state index is 0.00538. The number of benzene rings is 2. The number of alkyl halides is 3. The number of rotatable bonds is 4. The molecule has 0 aliphatic heterocycles. The average Bonchev–Trinajstić information content (AvgIpc) is 2.55. The van der Waals surface area contributed by atoms with Gasteiger partial charge in [-0.1, -0.05) is 17.7 Å². The second-order valence-electron chi connectivity index (χ2n) is 6.49. The zero-order chi connectivity index (χ0) is 20.7. The molecule has 28 heavy (non-hydrogen) atoms. The molecule has 0 heterocycles. The maximum atomic E-state index is 13.3. The number of halogens is 5. The monoisotopic (exact) mass is 435 g/mol. The van der Waals surface area contributed by atoms with Gasteiger partial charge in [0.05, 0.1) is 15.7 Å². The van der Waals surface area contributed by atoms with Gasteiger partial charge in [-0.25, -0.2) is 12.8 Å². The summed E-state index contributed by atoms with van der Waals surface area (Å²) < 4.78 is 76.8. The minimum Gasteiger partial charge on any atom is -0.349 e. The maximum absolute atomic E-state index is 13.3. The third kappa shape index (κ3) is 4.30. The molecule has 2 aromatic carbocycles. The van der Waals surface area contributed by atoms with Crippen molar-refractivity contribution >= 4 is 27.3 Å². The smallest absolute Gasteiger partial charge is 0.349 e. The lowest BCUT2D eigenvalue weighted by molar-refractivity contribution is -0.137. The molecule has 10 heteroatoms. The van der Waals surface area contributed by atoms with Gasteiger partial charge < -0.3 is 5.32 Å². The molecule has 150 valence electrons. The maximum Gasteiger partial charge on any atom is 0.416 e. The highest BCUT2D eigenvalue weighted by atomic mass is 35.5. The van der Waals surface area contributed by atoms with E-state index in [1.165, 1.54) is 6.07 Å². The third-order valence-electron chi connectivity index (χ3n) is 4.48. The minimum atomic E-state index is -4.64. The molecule has 1 fully saturated rings. The topological polar surface area (TPSA) is 63.2 Å². The number of nitrogens with one attached hydrogen (secondary N) is 1. The van der Waals surface area contributed by atoms with Gasteiger partial charge in [-0.3, -0.25) is 4.79 Å². The van der Waals surface area contributed by atoms with E-state index in [2.05, 4.69) is 5.32 Å². The van der Waals surface area contributed by atoms with Gasteiger partial charge in [-0.2, -0.15) is 13.2 Å². The van der Waals surface area contributed by atoms with Gasteiger partial charge in [0.2, 0.25) is 0 Å². The lowest BCUT2D eigenvalue weighted by atomic mass is 9.92. The second kappa shape index (κ2) is 7.36. The van der Waals surface area contributed by atoms with Crippen LogP contribution in [0.1, 0.15) is 28.8 Å². The number of sulfone groups is 1. The first-order valence-electron chi connectivity index (χ1n) is 8.15. The van der Waals surface area contributed by atoms with E-state index in [4.69, 9.17) is 11.6 Å². The van der Waals surface area contributed by atoms with E-state index in [1.807, 2.05) is 0 Å². The zero-order valence-electron chi connectivity index (χ0n) is 14.1. The van der Waals surface area contributed by atoms with Gasteiger partial charge in [0, 0.05) is 16.6 Å². The summed E-state index contributed by atoms with van der Waals surface area (Å²) in [5.41, 5.74) is -1.05. The van der Waals surface area contributed by atoms with Crippen molar-refractivity contribution in [2.45, 2.75) is 35.2 Å². The molecule has 1 aliphatic rings. The summed E-state index contributed by atoms with van der Waals surface area (Å²) >= 11 is 5.69. The quantitative estimate of drug-likeness (QED) is 0.731. The molecule has 0 saturated heterocycles. The molecule has 1 amide bonds. The van der Waals surface area contributed by atoms with Crippen LogP contribution in [0.4, 0.5) is 17.6 Å². The molecular weight excluding hydrogens is 422 g/mol. The fraction of sp³-hybridized carbons (Fsp3) is 0.278. The summed E-state index contributed by atoms with van der Waals surface area (Å²) in [6.45, 7) is 0. The SMILES string of the molecule is O=C(N[C@H]1C[C@H](S(=O)(=O)c2cccc(C(F)(F)F)c2)C1)c1cc(F)cc(Cl)c1. The van der Waals surface area contributed by atoms with E-state index < -0.39 is 49.5 Å². The number of hydrogen-bond donors (Lipinski definition) is 1. The van der Waals surface area contributed by atoms with Crippen LogP contribution in [0.15, 0.2) is 47.4 Å². The molecule has 0 aromatic heterocycles. The van der Waals surface area contributed by atoms with Crippen molar-refractivity contribution in [3.8, 4) is 0 Å². The zero-order valence-corrected chi connectivity index (χ0v) is 15.7. The van der Waals surface area contributed by atoms with E-state index in [-0.39, 0.29) is 23.4 Å². The predicted octanol–water partition coefficient (Wildman–Crippen LogP) is 4.23.